The lowest BCUT2D eigenvalue weighted by Gasteiger charge is -2.20. The number of Topliss-reactive ketones (excluding diaryl/α,β-unsaturated/α-hetero) is 1. The highest BCUT2D eigenvalue weighted by Crippen LogP contribution is 2.42. The predicted molar refractivity (Wildman–Crippen MR) is 106 cm³/mol. The number of aromatic carboxylic acids is 1. The molecule has 5 heteroatoms. The lowest BCUT2D eigenvalue weighted by Crippen LogP contribution is -2.23. The molecule has 3 nitrogen and oxygen atoms in total. The molecule has 0 radical (unpaired) electrons. The largest absolute Gasteiger partial charge is 0.545 e. The highest BCUT2D eigenvalue weighted by atomic mass is 35.5. The number of benzene rings is 3. The van der Waals surface area contributed by atoms with Gasteiger partial charge in [-0.25, -0.2) is 0 Å². The van der Waals surface area contributed by atoms with Gasteiger partial charge in [0.1, 0.15) is 0 Å². The number of carboxylic acids is 1. The van der Waals surface area contributed by atoms with E-state index in [-0.39, 0.29) is 23.0 Å². The van der Waals surface area contributed by atoms with E-state index in [1.165, 1.54) is 17.8 Å². The number of hydrogen-bond acceptors (Lipinski definition) is 4. The molecule has 1 atom stereocenters. The van der Waals surface area contributed by atoms with Crippen LogP contribution in [0.25, 0.3) is 0 Å². The molecule has 0 heterocycles. The fourth-order valence-corrected chi connectivity index (χ4v) is 4.39. The Labute approximate surface area is 167 Å². The van der Waals surface area contributed by atoms with E-state index in [0.29, 0.717) is 15.5 Å². The maximum Gasteiger partial charge on any atom is 0.164 e. The number of thioether (sulfide) groups is 1. The van der Waals surface area contributed by atoms with Gasteiger partial charge in [-0.3, -0.25) is 4.79 Å². The Morgan fingerprint density at radius 1 is 0.889 bits per heavy atom. The SMILES string of the molecule is O=C(C[C@H](Sc1ccccc1C(=O)[O-])c1ccccc1Cl)c1ccccc1. The topological polar surface area (TPSA) is 57.2 Å². The Bertz CT molecular complexity index is 957. The molecule has 27 heavy (non-hydrogen) atoms. The van der Waals surface area contributed by atoms with Crippen molar-refractivity contribution in [2.75, 3.05) is 0 Å². The Morgan fingerprint density at radius 2 is 1.52 bits per heavy atom. The van der Waals surface area contributed by atoms with Crippen molar-refractivity contribution < 1.29 is 14.7 Å². The molecule has 3 rings (SSSR count). The van der Waals surface area contributed by atoms with Crippen LogP contribution in [0.4, 0.5) is 0 Å². The zero-order valence-electron chi connectivity index (χ0n) is 14.3. The molecule has 3 aromatic carbocycles. The van der Waals surface area contributed by atoms with Gasteiger partial charge in [0.25, 0.3) is 0 Å². The minimum Gasteiger partial charge on any atom is -0.545 e. The molecule has 0 saturated heterocycles. The van der Waals surface area contributed by atoms with E-state index in [9.17, 15) is 14.7 Å². The van der Waals surface area contributed by atoms with Crippen LogP contribution in [0.15, 0.2) is 83.8 Å². The predicted octanol–water partition coefficient (Wildman–Crippen LogP) is 4.81. The molecular formula is C22H16ClO3S-. The van der Waals surface area contributed by atoms with Gasteiger partial charge in [0.2, 0.25) is 0 Å². The highest BCUT2D eigenvalue weighted by Gasteiger charge is 2.22. The molecule has 0 fully saturated rings. The first-order valence-corrected chi connectivity index (χ1v) is 9.61. The zero-order valence-corrected chi connectivity index (χ0v) is 15.9. The Kier molecular flexibility index (Phi) is 6.32. The number of carbonyl (C=O) groups is 2. The summed E-state index contributed by atoms with van der Waals surface area (Å²) in [5.74, 6) is -1.27. The van der Waals surface area contributed by atoms with Gasteiger partial charge in [-0.2, -0.15) is 0 Å². The van der Waals surface area contributed by atoms with Crippen LogP contribution in [0.2, 0.25) is 5.02 Å². The van der Waals surface area contributed by atoms with E-state index in [2.05, 4.69) is 0 Å². The van der Waals surface area contributed by atoms with Crippen molar-refractivity contribution in [2.24, 2.45) is 0 Å². The van der Waals surface area contributed by atoms with Crippen molar-refractivity contribution in [3.63, 3.8) is 0 Å². The molecule has 0 amide bonds. The Morgan fingerprint density at radius 3 is 2.22 bits per heavy atom. The van der Waals surface area contributed by atoms with Crippen molar-refractivity contribution in [1.29, 1.82) is 0 Å². The molecule has 0 unspecified atom stereocenters. The van der Waals surface area contributed by atoms with Crippen LogP contribution in [0.3, 0.4) is 0 Å². The number of carboxylic acid groups (broad SMARTS) is 1. The molecule has 136 valence electrons. The number of hydrogen-bond donors (Lipinski definition) is 0. The normalized spacial score (nSPS) is 11.7. The lowest BCUT2D eigenvalue weighted by molar-refractivity contribution is -0.255. The second-order valence-corrected chi connectivity index (χ2v) is 7.56. The van der Waals surface area contributed by atoms with Crippen LogP contribution in [-0.4, -0.2) is 11.8 Å². The molecular weight excluding hydrogens is 380 g/mol. The van der Waals surface area contributed by atoms with Gasteiger partial charge < -0.3 is 9.90 Å². The number of halogens is 1. The van der Waals surface area contributed by atoms with Crippen LogP contribution in [0.5, 0.6) is 0 Å². The molecule has 0 aromatic heterocycles. The van der Waals surface area contributed by atoms with Crippen molar-refractivity contribution in [1.82, 2.24) is 0 Å². The summed E-state index contributed by atoms with van der Waals surface area (Å²) in [7, 11) is 0. The summed E-state index contributed by atoms with van der Waals surface area (Å²) in [6.45, 7) is 0. The Hall–Kier alpha value is -2.56. The van der Waals surface area contributed by atoms with E-state index >= 15 is 0 Å². The van der Waals surface area contributed by atoms with Gasteiger partial charge in [-0.15, -0.1) is 11.8 Å². The second kappa shape index (κ2) is 8.89. The Balaban J connectivity index is 1.95. The number of rotatable bonds is 7. The minimum absolute atomic E-state index is 0.0287. The summed E-state index contributed by atoms with van der Waals surface area (Å²) in [6.07, 6.45) is 0.194. The lowest BCUT2D eigenvalue weighted by atomic mass is 10.0. The van der Waals surface area contributed by atoms with Crippen LogP contribution in [-0.2, 0) is 0 Å². The molecule has 0 aliphatic heterocycles. The van der Waals surface area contributed by atoms with Gasteiger partial charge in [0, 0.05) is 32.7 Å². The first-order chi connectivity index (χ1) is 13.1. The molecule has 0 bridgehead atoms. The summed E-state index contributed by atoms with van der Waals surface area (Å²) in [4.78, 5) is 24.7. The first kappa shape index (κ1) is 19.2. The van der Waals surface area contributed by atoms with Gasteiger partial charge in [-0.1, -0.05) is 78.3 Å². The summed E-state index contributed by atoms with van der Waals surface area (Å²) in [5.41, 5.74) is 1.51. The highest BCUT2D eigenvalue weighted by molar-refractivity contribution is 7.99. The number of ketones is 1. The second-order valence-electron chi connectivity index (χ2n) is 5.90. The zero-order chi connectivity index (χ0) is 19.2. The van der Waals surface area contributed by atoms with E-state index < -0.39 is 5.97 Å². The van der Waals surface area contributed by atoms with Crippen LogP contribution < -0.4 is 5.11 Å². The third-order valence-corrected chi connectivity index (χ3v) is 5.75. The number of carbonyl (C=O) groups excluding carboxylic acids is 2. The van der Waals surface area contributed by atoms with E-state index in [1.54, 1.807) is 36.4 Å². The van der Waals surface area contributed by atoms with Gasteiger partial charge >= 0.3 is 0 Å². The third kappa shape index (κ3) is 4.79. The average molecular weight is 396 g/mol. The van der Waals surface area contributed by atoms with E-state index in [1.807, 2.05) is 36.4 Å². The maximum atomic E-state index is 12.8. The van der Waals surface area contributed by atoms with Crippen LogP contribution in [0.1, 0.15) is 38.0 Å². The standard InChI is InChI=1S/C22H17ClO3S/c23-18-12-6-4-10-16(18)21(14-19(24)15-8-2-1-3-9-15)27-20-13-7-5-11-17(20)22(25)26/h1-13,21H,14H2,(H,25,26)/p-1/t21-/m0/s1. The summed E-state index contributed by atoms with van der Waals surface area (Å²) >= 11 is 7.67. The molecule has 0 aliphatic rings. The third-order valence-electron chi connectivity index (χ3n) is 4.09. The van der Waals surface area contributed by atoms with Crippen molar-refractivity contribution in [3.8, 4) is 0 Å². The molecule has 0 aliphatic carbocycles. The average Bonchev–Trinajstić information content (AvgIpc) is 2.69. The quantitative estimate of drug-likeness (QED) is 0.425. The van der Waals surface area contributed by atoms with Gasteiger partial charge in [-0.05, 0) is 17.7 Å². The van der Waals surface area contributed by atoms with E-state index in [0.717, 1.165) is 5.56 Å². The van der Waals surface area contributed by atoms with Crippen molar-refractivity contribution >= 4 is 35.1 Å². The maximum absolute atomic E-state index is 12.8. The van der Waals surface area contributed by atoms with E-state index in [4.69, 9.17) is 11.6 Å². The summed E-state index contributed by atoms with van der Waals surface area (Å²) < 4.78 is 0. The minimum atomic E-state index is -1.25. The molecule has 3 aromatic rings. The molecule has 0 spiro atoms. The first-order valence-electron chi connectivity index (χ1n) is 8.36. The smallest absolute Gasteiger partial charge is 0.164 e. The summed E-state index contributed by atoms with van der Waals surface area (Å²) in [5, 5.41) is 11.6. The molecule has 0 saturated carbocycles. The molecule has 0 N–H and O–H groups in total. The van der Waals surface area contributed by atoms with Crippen LogP contribution >= 0.6 is 23.4 Å². The summed E-state index contributed by atoms with van der Waals surface area (Å²) in [6, 6.07) is 23.0. The fraction of sp³-hybridized carbons (Fsp3) is 0.0909. The van der Waals surface area contributed by atoms with Crippen molar-refractivity contribution in [2.45, 2.75) is 16.6 Å². The monoisotopic (exact) mass is 395 g/mol. The van der Waals surface area contributed by atoms with Gasteiger partial charge in [0.05, 0.1) is 5.97 Å². The van der Waals surface area contributed by atoms with Gasteiger partial charge in [0.15, 0.2) is 5.78 Å². The van der Waals surface area contributed by atoms with Crippen molar-refractivity contribution in [3.05, 3.63) is 101 Å². The fourth-order valence-electron chi connectivity index (χ4n) is 2.75. The van der Waals surface area contributed by atoms with Crippen LogP contribution in [0, 0.1) is 0 Å².